The fourth-order valence-corrected chi connectivity index (χ4v) is 4.34. The molecular formula is C21H31N7O2. The molecule has 0 bridgehead atoms. The molecule has 3 N–H and O–H groups in total. The van der Waals surface area contributed by atoms with E-state index in [2.05, 4.69) is 35.0 Å². The first-order chi connectivity index (χ1) is 14.3. The third-order valence-corrected chi connectivity index (χ3v) is 6.35. The normalized spacial score (nSPS) is 18.1. The summed E-state index contributed by atoms with van der Waals surface area (Å²) in [6, 6.07) is 2.44. The van der Waals surface area contributed by atoms with E-state index < -0.39 is 0 Å². The highest BCUT2D eigenvalue weighted by atomic mass is 16.5. The first kappa shape index (κ1) is 20.5. The molecule has 0 radical (unpaired) electrons. The summed E-state index contributed by atoms with van der Waals surface area (Å²) in [5.74, 6) is 1.55. The van der Waals surface area contributed by atoms with Gasteiger partial charge in [0.1, 0.15) is 11.2 Å². The van der Waals surface area contributed by atoms with Gasteiger partial charge in [-0.2, -0.15) is 10.2 Å². The van der Waals surface area contributed by atoms with Gasteiger partial charge in [-0.1, -0.05) is 13.8 Å². The zero-order valence-corrected chi connectivity index (χ0v) is 18.3. The Balaban J connectivity index is 1.86. The molecule has 4 rings (SSSR count). The van der Waals surface area contributed by atoms with Gasteiger partial charge in [0.15, 0.2) is 5.82 Å². The number of hydrogen-bond donors (Lipinski definition) is 2. The Morgan fingerprint density at radius 1 is 1.37 bits per heavy atom. The largest absolute Gasteiger partial charge is 0.383 e. The second-order valence-corrected chi connectivity index (χ2v) is 8.55. The second-order valence-electron chi connectivity index (χ2n) is 8.55. The van der Waals surface area contributed by atoms with Gasteiger partial charge >= 0.3 is 0 Å². The Bertz CT molecular complexity index is 1110. The summed E-state index contributed by atoms with van der Waals surface area (Å²) in [6.45, 7) is 7.91. The average molecular weight is 414 g/mol. The zero-order valence-electron chi connectivity index (χ0n) is 18.3. The number of rotatable bonds is 6. The molecule has 1 fully saturated rings. The summed E-state index contributed by atoms with van der Waals surface area (Å²) in [5, 5.41) is 12.3. The van der Waals surface area contributed by atoms with E-state index in [9.17, 15) is 4.79 Å². The molecule has 1 aliphatic rings. The molecule has 9 nitrogen and oxygen atoms in total. The lowest BCUT2D eigenvalue weighted by Crippen LogP contribution is -2.34. The highest BCUT2D eigenvalue weighted by Crippen LogP contribution is 2.33. The lowest BCUT2D eigenvalue weighted by atomic mass is 10.0. The number of hydrogen-bond acceptors (Lipinski definition) is 6. The summed E-state index contributed by atoms with van der Waals surface area (Å²) in [5.41, 5.74) is 8.16. The van der Waals surface area contributed by atoms with E-state index in [1.54, 1.807) is 11.7 Å². The van der Waals surface area contributed by atoms with E-state index in [0.29, 0.717) is 29.5 Å². The van der Waals surface area contributed by atoms with Gasteiger partial charge in [-0.25, -0.2) is 0 Å². The first-order valence-corrected chi connectivity index (χ1v) is 10.5. The number of aromatic nitrogens is 5. The molecule has 0 saturated carbocycles. The lowest BCUT2D eigenvalue weighted by Gasteiger charge is -2.25. The van der Waals surface area contributed by atoms with Gasteiger partial charge in [0, 0.05) is 44.6 Å². The van der Waals surface area contributed by atoms with E-state index in [-0.39, 0.29) is 17.4 Å². The first-order valence-electron chi connectivity index (χ1n) is 10.5. The summed E-state index contributed by atoms with van der Waals surface area (Å²) < 4.78 is 9.07. The molecule has 0 aromatic carbocycles. The van der Waals surface area contributed by atoms with Crippen molar-refractivity contribution in [2.45, 2.75) is 45.7 Å². The third-order valence-electron chi connectivity index (χ3n) is 6.35. The number of fused-ring (bicyclic) bond motifs is 1. The van der Waals surface area contributed by atoms with Crippen LogP contribution in [0, 0.1) is 5.92 Å². The van der Waals surface area contributed by atoms with Gasteiger partial charge < -0.3 is 19.9 Å². The fraction of sp³-hybridized carbons (Fsp3) is 0.571. The second kappa shape index (κ2) is 7.79. The van der Waals surface area contributed by atoms with Crippen molar-refractivity contribution in [3.05, 3.63) is 22.6 Å². The number of methoxy groups -OCH3 is 1. The minimum atomic E-state index is -0.128. The fourth-order valence-electron chi connectivity index (χ4n) is 4.34. The number of nitrogens with zero attached hydrogens (tertiary/aromatic N) is 5. The van der Waals surface area contributed by atoms with E-state index in [0.717, 1.165) is 36.5 Å². The highest BCUT2D eigenvalue weighted by Gasteiger charge is 2.28. The van der Waals surface area contributed by atoms with E-state index in [1.807, 2.05) is 24.9 Å². The predicted molar refractivity (Wildman–Crippen MR) is 119 cm³/mol. The molecule has 0 aliphatic carbocycles. The molecule has 0 spiro atoms. The van der Waals surface area contributed by atoms with Crippen LogP contribution >= 0.6 is 0 Å². The topological polar surface area (TPSA) is 107 Å². The van der Waals surface area contributed by atoms with Crippen LogP contribution in [0.4, 0.5) is 11.6 Å². The number of aryl methyl sites for hydroxylation is 1. The maximum atomic E-state index is 13.1. The van der Waals surface area contributed by atoms with Crippen LogP contribution < -0.4 is 16.2 Å². The number of nitrogens with one attached hydrogen (secondary N) is 1. The van der Waals surface area contributed by atoms with Crippen LogP contribution in [0.15, 0.2) is 17.1 Å². The van der Waals surface area contributed by atoms with Crippen LogP contribution in [0.3, 0.4) is 0 Å². The average Bonchev–Trinajstić information content (AvgIpc) is 3.41. The highest BCUT2D eigenvalue weighted by molar-refractivity contribution is 5.97. The number of aromatic amines is 1. The summed E-state index contributed by atoms with van der Waals surface area (Å²) >= 11 is 0. The molecular weight excluding hydrogens is 382 g/mol. The molecule has 30 heavy (non-hydrogen) atoms. The number of ether oxygens (including phenoxy) is 1. The number of nitrogen functional groups attached to an aromatic ring is 1. The molecule has 1 saturated heterocycles. The molecule has 3 aromatic heterocycles. The smallest absolute Gasteiger partial charge is 0.264 e. The van der Waals surface area contributed by atoms with E-state index in [1.165, 1.54) is 0 Å². The van der Waals surface area contributed by atoms with Gasteiger partial charge in [0.25, 0.3) is 5.56 Å². The van der Waals surface area contributed by atoms with Crippen molar-refractivity contribution in [1.82, 2.24) is 24.5 Å². The van der Waals surface area contributed by atoms with Crippen molar-refractivity contribution in [2.75, 3.05) is 30.9 Å². The molecule has 9 heteroatoms. The Hall–Kier alpha value is -2.81. The summed E-state index contributed by atoms with van der Waals surface area (Å²) in [7, 11) is 3.69. The number of nitrogens with two attached hydrogens (primary N) is 1. The Kier molecular flexibility index (Phi) is 5.31. The van der Waals surface area contributed by atoms with Crippen LogP contribution in [0.5, 0.6) is 0 Å². The van der Waals surface area contributed by atoms with Gasteiger partial charge in [0.05, 0.1) is 23.9 Å². The van der Waals surface area contributed by atoms with Crippen LogP contribution in [0.25, 0.3) is 22.2 Å². The van der Waals surface area contributed by atoms with Crippen LogP contribution in [-0.2, 0) is 11.8 Å². The van der Waals surface area contributed by atoms with E-state index >= 15 is 0 Å². The molecule has 3 aromatic rings. The Morgan fingerprint density at radius 3 is 2.83 bits per heavy atom. The minimum Gasteiger partial charge on any atom is -0.383 e. The number of anilines is 2. The third kappa shape index (κ3) is 3.27. The zero-order chi connectivity index (χ0) is 21.6. The number of H-pyrrole nitrogens is 1. The van der Waals surface area contributed by atoms with Gasteiger partial charge in [-0.05, 0) is 25.7 Å². The van der Waals surface area contributed by atoms with Crippen LogP contribution in [-0.4, -0.2) is 50.8 Å². The van der Waals surface area contributed by atoms with Crippen LogP contribution in [0.1, 0.15) is 39.7 Å². The molecule has 0 amide bonds. The Morgan fingerprint density at radius 2 is 2.13 bits per heavy atom. The lowest BCUT2D eigenvalue weighted by molar-refractivity contribution is 0.180. The van der Waals surface area contributed by atoms with Crippen molar-refractivity contribution in [3.8, 4) is 11.3 Å². The quantitative estimate of drug-likeness (QED) is 0.643. The maximum Gasteiger partial charge on any atom is 0.264 e. The summed E-state index contributed by atoms with van der Waals surface area (Å²) in [4.78, 5) is 15.5. The molecule has 162 valence electrons. The Labute approximate surface area is 175 Å². The SMILES string of the molecule is COC[C@@H]1CCCN1c1cc(-c2cn(C(C)C(C)C)c(=O)c3c(N)n[nH]c23)nn1C. The van der Waals surface area contributed by atoms with Crippen LogP contribution in [0.2, 0.25) is 0 Å². The van der Waals surface area contributed by atoms with Crippen molar-refractivity contribution < 1.29 is 4.74 Å². The van der Waals surface area contributed by atoms with Crippen molar-refractivity contribution >= 4 is 22.5 Å². The number of pyridine rings is 1. The molecule has 4 heterocycles. The molecule has 2 atom stereocenters. The monoisotopic (exact) mass is 413 g/mol. The van der Waals surface area contributed by atoms with Gasteiger partial charge in [-0.3, -0.25) is 14.6 Å². The standard InChI is InChI=1S/C21H31N7O2/c1-12(2)13(3)28-10-15(19-18(21(28)29)20(22)24-23-19)16-9-17(26(4)25-16)27-8-6-7-14(27)11-30-5/h9-10,12-14H,6-8,11H2,1-5H3,(H3,22,23,24)/t13?,14-/m0/s1. The van der Waals surface area contributed by atoms with Crippen molar-refractivity contribution in [2.24, 2.45) is 13.0 Å². The van der Waals surface area contributed by atoms with Crippen molar-refractivity contribution in [1.29, 1.82) is 0 Å². The van der Waals surface area contributed by atoms with Gasteiger partial charge in [-0.15, -0.1) is 0 Å². The minimum absolute atomic E-state index is 0.0165. The van der Waals surface area contributed by atoms with Gasteiger partial charge in [0.2, 0.25) is 0 Å². The van der Waals surface area contributed by atoms with E-state index in [4.69, 9.17) is 15.6 Å². The molecule has 1 aliphatic heterocycles. The predicted octanol–water partition coefficient (Wildman–Crippen LogP) is 2.54. The maximum absolute atomic E-state index is 13.1. The van der Waals surface area contributed by atoms with Crippen molar-refractivity contribution in [3.63, 3.8) is 0 Å². The summed E-state index contributed by atoms with van der Waals surface area (Å²) in [6.07, 6.45) is 4.12. The molecule has 1 unspecified atom stereocenters.